The van der Waals surface area contributed by atoms with Crippen LogP contribution in [0.25, 0.3) is 10.8 Å². The van der Waals surface area contributed by atoms with Gasteiger partial charge < -0.3 is 15.2 Å². The zero-order valence-corrected chi connectivity index (χ0v) is 17.9. The van der Waals surface area contributed by atoms with Gasteiger partial charge >= 0.3 is 0 Å². The molecule has 1 atom stereocenters. The molecule has 0 aliphatic heterocycles. The summed E-state index contributed by atoms with van der Waals surface area (Å²) in [5, 5.41) is 17.4. The van der Waals surface area contributed by atoms with Crippen LogP contribution in [0.5, 0.6) is 0 Å². The molecule has 0 amide bonds. The van der Waals surface area contributed by atoms with Gasteiger partial charge in [-0.05, 0) is 36.2 Å². The Hall–Kier alpha value is -2.16. The SMILES string of the molecule is CN=C(NCc1nnc(C)n1C)NC(C)c1ccc2ccccc2c1.I. The van der Waals surface area contributed by atoms with E-state index in [1.165, 1.54) is 16.3 Å². The highest BCUT2D eigenvalue weighted by molar-refractivity contribution is 14.0. The van der Waals surface area contributed by atoms with Gasteiger partial charge in [0.2, 0.25) is 0 Å². The van der Waals surface area contributed by atoms with Crippen LogP contribution in [0.1, 0.15) is 30.2 Å². The summed E-state index contributed by atoms with van der Waals surface area (Å²) < 4.78 is 1.97. The van der Waals surface area contributed by atoms with Gasteiger partial charge in [-0.15, -0.1) is 34.2 Å². The number of guanidine groups is 1. The van der Waals surface area contributed by atoms with Gasteiger partial charge in [-0.1, -0.05) is 36.4 Å². The predicted molar refractivity (Wildman–Crippen MR) is 117 cm³/mol. The van der Waals surface area contributed by atoms with Gasteiger partial charge in [0.05, 0.1) is 12.6 Å². The zero-order chi connectivity index (χ0) is 17.8. The van der Waals surface area contributed by atoms with E-state index in [9.17, 15) is 0 Å². The third-order valence-corrected chi connectivity index (χ3v) is 4.45. The van der Waals surface area contributed by atoms with Crippen molar-refractivity contribution in [3.05, 3.63) is 59.7 Å². The van der Waals surface area contributed by atoms with Gasteiger partial charge in [0.25, 0.3) is 0 Å². The smallest absolute Gasteiger partial charge is 0.191 e. The van der Waals surface area contributed by atoms with Crippen molar-refractivity contribution in [1.82, 2.24) is 25.4 Å². The van der Waals surface area contributed by atoms with E-state index in [1.54, 1.807) is 7.05 Å². The van der Waals surface area contributed by atoms with Crippen LogP contribution in [0.4, 0.5) is 0 Å². The molecule has 3 rings (SSSR count). The maximum absolute atomic E-state index is 4.30. The van der Waals surface area contributed by atoms with Crippen LogP contribution in [0.2, 0.25) is 0 Å². The Kier molecular flexibility index (Phi) is 6.96. The second kappa shape index (κ2) is 8.98. The fourth-order valence-corrected chi connectivity index (χ4v) is 2.73. The Labute approximate surface area is 171 Å². The highest BCUT2D eigenvalue weighted by Gasteiger charge is 2.10. The molecule has 1 heterocycles. The summed E-state index contributed by atoms with van der Waals surface area (Å²) in [6.07, 6.45) is 0. The van der Waals surface area contributed by atoms with Crippen molar-refractivity contribution in [3.8, 4) is 0 Å². The van der Waals surface area contributed by atoms with E-state index in [4.69, 9.17) is 0 Å². The molecule has 0 bridgehead atoms. The largest absolute Gasteiger partial charge is 0.350 e. The number of aromatic nitrogens is 3. The molecule has 0 saturated carbocycles. The lowest BCUT2D eigenvalue weighted by molar-refractivity contribution is 0.668. The van der Waals surface area contributed by atoms with Crippen LogP contribution >= 0.6 is 24.0 Å². The second-order valence-corrected chi connectivity index (χ2v) is 6.12. The Bertz CT molecular complexity index is 902. The minimum absolute atomic E-state index is 0. The summed E-state index contributed by atoms with van der Waals surface area (Å²) in [6, 6.07) is 15.0. The quantitative estimate of drug-likeness (QED) is 0.353. The van der Waals surface area contributed by atoms with Crippen molar-refractivity contribution in [3.63, 3.8) is 0 Å². The molecule has 7 heteroatoms. The zero-order valence-electron chi connectivity index (χ0n) is 15.5. The molecule has 0 fully saturated rings. The monoisotopic (exact) mass is 464 g/mol. The van der Waals surface area contributed by atoms with Gasteiger partial charge in [-0.2, -0.15) is 0 Å². The topological polar surface area (TPSA) is 67.1 Å². The number of aliphatic imine (C=N–C) groups is 1. The number of hydrogen-bond donors (Lipinski definition) is 2. The molecule has 0 aliphatic rings. The minimum Gasteiger partial charge on any atom is -0.350 e. The Morgan fingerprint density at radius 1 is 1.15 bits per heavy atom. The fourth-order valence-electron chi connectivity index (χ4n) is 2.73. The third kappa shape index (κ3) is 4.51. The number of halogens is 1. The number of aryl methyl sites for hydroxylation is 1. The molecule has 3 aromatic rings. The lowest BCUT2D eigenvalue weighted by Crippen LogP contribution is -2.38. The molecular formula is C19H25IN6. The Balaban J connectivity index is 0.00000243. The van der Waals surface area contributed by atoms with Crippen LogP contribution in [0, 0.1) is 6.92 Å². The summed E-state index contributed by atoms with van der Waals surface area (Å²) in [5.41, 5.74) is 1.22. The first-order valence-corrected chi connectivity index (χ1v) is 8.39. The first-order chi connectivity index (χ1) is 12.1. The van der Waals surface area contributed by atoms with Crippen molar-refractivity contribution in [1.29, 1.82) is 0 Å². The Morgan fingerprint density at radius 2 is 1.88 bits per heavy atom. The average molecular weight is 464 g/mol. The fraction of sp³-hybridized carbons (Fsp3) is 0.316. The Morgan fingerprint density at radius 3 is 2.54 bits per heavy atom. The summed E-state index contributed by atoms with van der Waals surface area (Å²) in [6.45, 7) is 4.64. The van der Waals surface area contributed by atoms with Crippen molar-refractivity contribution >= 4 is 40.7 Å². The van der Waals surface area contributed by atoms with Gasteiger partial charge in [0.1, 0.15) is 5.82 Å². The van der Waals surface area contributed by atoms with Gasteiger partial charge in [0.15, 0.2) is 11.8 Å². The lowest BCUT2D eigenvalue weighted by atomic mass is 10.0. The van der Waals surface area contributed by atoms with Gasteiger partial charge in [0, 0.05) is 14.1 Å². The number of benzene rings is 2. The maximum Gasteiger partial charge on any atom is 0.191 e. The number of fused-ring (bicyclic) bond motifs is 1. The molecule has 0 spiro atoms. The molecule has 2 aromatic carbocycles. The normalized spacial score (nSPS) is 12.5. The van der Waals surface area contributed by atoms with E-state index in [1.807, 2.05) is 18.5 Å². The molecule has 6 nitrogen and oxygen atoms in total. The van der Waals surface area contributed by atoms with Crippen molar-refractivity contribution in [2.45, 2.75) is 26.4 Å². The molecule has 0 saturated heterocycles. The lowest BCUT2D eigenvalue weighted by Gasteiger charge is -2.18. The first kappa shape index (κ1) is 20.2. The first-order valence-electron chi connectivity index (χ1n) is 8.39. The maximum atomic E-state index is 4.30. The highest BCUT2D eigenvalue weighted by Crippen LogP contribution is 2.20. The average Bonchev–Trinajstić information content (AvgIpc) is 2.96. The summed E-state index contributed by atoms with van der Waals surface area (Å²) in [7, 11) is 3.73. The van der Waals surface area contributed by atoms with E-state index in [2.05, 4.69) is 75.2 Å². The molecule has 2 N–H and O–H groups in total. The molecule has 26 heavy (non-hydrogen) atoms. The molecule has 138 valence electrons. The molecule has 1 aromatic heterocycles. The number of nitrogens with one attached hydrogen (secondary N) is 2. The number of nitrogens with zero attached hydrogens (tertiary/aromatic N) is 4. The van der Waals surface area contributed by atoms with Crippen LogP contribution in [0.15, 0.2) is 47.5 Å². The number of hydrogen-bond acceptors (Lipinski definition) is 3. The summed E-state index contributed by atoms with van der Waals surface area (Å²) in [4.78, 5) is 4.30. The van der Waals surface area contributed by atoms with Crippen LogP contribution in [-0.4, -0.2) is 27.8 Å². The third-order valence-electron chi connectivity index (χ3n) is 4.45. The van der Waals surface area contributed by atoms with Crippen molar-refractivity contribution in [2.75, 3.05) is 7.05 Å². The van der Waals surface area contributed by atoms with Crippen molar-refractivity contribution < 1.29 is 0 Å². The van der Waals surface area contributed by atoms with E-state index in [0.717, 1.165) is 17.6 Å². The number of rotatable bonds is 4. The van der Waals surface area contributed by atoms with Crippen molar-refractivity contribution in [2.24, 2.45) is 12.0 Å². The summed E-state index contributed by atoms with van der Waals surface area (Å²) in [5.74, 6) is 2.50. The minimum atomic E-state index is 0. The summed E-state index contributed by atoms with van der Waals surface area (Å²) >= 11 is 0. The predicted octanol–water partition coefficient (Wildman–Crippen LogP) is 3.32. The standard InChI is InChI=1S/C19H24N6.HI/c1-13(16-10-9-15-7-5-6-8-17(15)11-16)22-19(20-3)21-12-18-24-23-14(2)25(18)4;/h5-11,13H,12H2,1-4H3,(H2,20,21,22);1H. The van der Waals surface area contributed by atoms with E-state index in [0.29, 0.717) is 6.54 Å². The second-order valence-electron chi connectivity index (χ2n) is 6.12. The van der Waals surface area contributed by atoms with Crippen LogP contribution < -0.4 is 10.6 Å². The van der Waals surface area contributed by atoms with Crippen LogP contribution in [-0.2, 0) is 13.6 Å². The van der Waals surface area contributed by atoms with Crippen LogP contribution in [0.3, 0.4) is 0 Å². The van der Waals surface area contributed by atoms with E-state index >= 15 is 0 Å². The van der Waals surface area contributed by atoms with E-state index < -0.39 is 0 Å². The van der Waals surface area contributed by atoms with Gasteiger partial charge in [-0.25, -0.2) is 0 Å². The molecule has 0 radical (unpaired) electrons. The van der Waals surface area contributed by atoms with E-state index in [-0.39, 0.29) is 30.0 Å². The highest BCUT2D eigenvalue weighted by atomic mass is 127. The molecular weight excluding hydrogens is 439 g/mol. The van der Waals surface area contributed by atoms with Gasteiger partial charge in [-0.3, -0.25) is 4.99 Å². The molecule has 0 aliphatic carbocycles. The molecule has 1 unspecified atom stereocenters.